The van der Waals surface area contributed by atoms with E-state index in [1.807, 2.05) is 0 Å². The molecule has 1 saturated heterocycles. The van der Waals surface area contributed by atoms with E-state index in [1.54, 1.807) is 0 Å². The Hall–Kier alpha value is -0.900. The van der Waals surface area contributed by atoms with Crippen molar-refractivity contribution in [2.75, 3.05) is 19.6 Å². The summed E-state index contributed by atoms with van der Waals surface area (Å²) in [6.07, 6.45) is 2.75. The van der Waals surface area contributed by atoms with E-state index < -0.39 is 0 Å². The molecule has 0 saturated carbocycles. The third-order valence-corrected chi connectivity index (χ3v) is 3.01. The predicted octanol–water partition coefficient (Wildman–Crippen LogP) is 1.02. The van der Waals surface area contributed by atoms with Crippen LogP contribution < -0.4 is 0 Å². The molecule has 0 aromatic rings. The zero-order valence-electron chi connectivity index (χ0n) is 8.53. The number of piperidine rings is 1. The maximum Gasteiger partial charge on any atom is 0.340 e. The van der Waals surface area contributed by atoms with Crippen LogP contribution in [0.25, 0.3) is 0 Å². The summed E-state index contributed by atoms with van der Waals surface area (Å²) < 4.78 is 0. The Bertz CT molecular complexity index is 263. The van der Waals surface area contributed by atoms with Crippen LogP contribution in [0.5, 0.6) is 0 Å². The molecule has 0 spiro atoms. The average molecular weight is 196 g/mol. The lowest BCUT2D eigenvalue weighted by Gasteiger charge is -2.31. The maximum absolute atomic E-state index is 10.9. The van der Waals surface area contributed by atoms with Gasteiger partial charge in [0.1, 0.15) is 0 Å². The second-order valence-corrected chi connectivity index (χ2v) is 3.96. The van der Waals surface area contributed by atoms with Gasteiger partial charge in [0, 0.05) is 12.5 Å². The van der Waals surface area contributed by atoms with Gasteiger partial charge in [-0.2, -0.15) is 0 Å². The predicted molar refractivity (Wildman–Crippen MR) is 53.0 cm³/mol. The summed E-state index contributed by atoms with van der Waals surface area (Å²) >= 11 is 0. The Labute approximate surface area is 83.9 Å². The molecule has 4 heteroatoms. The molecule has 0 aliphatic carbocycles. The van der Waals surface area contributed by atoms with Crippen LogP contribution >= 0.6 is 0 Å². The van der Waals surface area contributed by atoms with E-state index in [1.165, 1.54) is 13.0 Å². The molecule has 0 unspecified atom stereocenters. The molecular formula is C10H16N2O2. The number of hydrogen-bond acceptors (Lipinski definition) is 4. The molecular weight excluding hydrogens is 180 g/mol. The van der Waals surface area contributed by atoms with Crippen LogP contribution in [-0.4, -0.2) is 36.2 Å². The standard InChI is InChI=1S/C10H16N2O2/c1-2-12-5-3-4-8(7-12)9-6-10(13)14-11-9/h8H,2-7H2,1H3/t8-/m1/s1. The minimum absolute atomic E-state index is 0.200. The van der Waals surface area contributed by atoms with Crippen molar-refractivity contribution < 1.29 is 9.63 Å². The first kappa shape index (κ1) is 9.65. The van der Waals surface area contributed by atoms with Gasteiger partial charge >= 0.3 is 5.97 Å². The van der Waals surface area contributed by atoms with Crippen LogP contribution in [0, 0.1) is 5.92 Å². The van der Waals surface area contributed by atoms with Crippen molar-refractivity contribution in [3.05, 3.63) is 0 Å². The van der Waals surface area contributed by atoms with Gasteiger partial charge in [-0.25, -0.2) is 4.79 Å². The Morgan fingerprint density at radius 3 is 3.14 bits per heavy atom. The average Bonchev–Trinajstić information content (AvgIpc) is 2.65. The van der Waals surface area contributed by atoms with Crippen molar-refractivity contribution in [3.63, 3.8) is 0 Å². The number of nitrogens with zero attached hydrogens (tertiary/aromatic N) is 2. The summed E-state index contributed by atoms with van der Waals surface area (Å²) in [6.45, 7) is 5.46. The summed E-state index contributed by atoms with van der Waals surface area (Å²) in [5.74, 6) is 0.240. The second-order valence-electron chi connectivity index (χ2n) is 3.96. The van der Waals surface area contributed by atoms with E-state index >= 15 is 0 Å². The highest BCUT2D eigenvalue weighted by Gasteiger charge is 2.28. The quantitative estimate of drug-likeness (QED) is 0.619. The van der Waals surface area contributed by atoms with Crippen molar-refractivity contribution in [1.82, 2.24) is 4.90 Å². The lowest BCUT2D eigenvalue weighted by molar-refractivity contribution is -0.140. The molecule has 2 heterocycles. The first-order valence-electron chi connectivity index (χ1n) is 5.28. The Morgan fingerprint density at radius 1 is 1.64 bits per heavy atom. The van der Waals surface area contributed by atoms with Crippen molar-refractivity contribution in [3.8, 4) is 0 Å². The number of carbonyl (C=O) groups excluding carboxylic acids is 1. The van der Waals surface area contributed by atoms with E-state index in [9.17, 15) is 4.79 Å². The first-order valence-corrected chi connectivity index (χ1v) is 5.28. The zero-order valence-corrected chi connectivity index (χ0v) is 8.53. The largest absolute Gasteiger partial charge is 0.340 e. The van der Waals surface area contributed by atoms with Crippen LogP contribution in [-0.2, 0) is 9.63 Å². The van der Waals surface area contributed by atoms with Crippen molar-refractivity contribution in [2.24, 2.45) is 11.1 Å². The summed E-state index contributed by atoms with van der Waals surface area (Å²) in [7, 11) is 0. The Balaban J connectivity index is 1.94. The number of hydrogen-bond donors (Lipinski definition) is 0. The van der Waals surface area contributed by atoms with Gasteiger partial charge in [0.2, 0.25) is 0 Å². The molecule has 0 aromatic carbocycles. The molecule has 0 bridgehead atoms. The molecule has 0 aromatic heterocycles. The van der Waals surface area contributed by atoms with Crippen LogP contribution in [0.15, 0.2) is 5.16 Å². The highest BCUT2D eigenvalue weighted by Crippen LogP contribution is 2.21. The third kappa shape index (κ3) is 1.95. The third-order valence-electron chi connectivity index (χ3n) is 3.01. The molecule has 1 fully saturated rings. The van der Waals surface area contributed by atoms with Gasteiger partial charge in [0.05, 0.1) is 12.1 Å². The molecule has 2 rings (SSSR count). The number of likely N-dealkylation sites (tertiary alicyclic amines) is 1. The van der Waals surface area contributed by atoms with Gasteiger partial charge in [0.15, 0.2) is 0 Å². The van der Waals surface area contributed by atoms with E-state index in [4.69, 9.17) is 0 Å². The monoisotopic (exact) mass is 196 g/mol. The van der Waals surface area contributed by atoms with Crippen molar-refractivity contribution in [2.45, 2.75) is 26.2 Å². The minimum Gasteiger partial charge on any atom is -0.318 e. The Morgan fingerprint density at radius 2 is 2.50 bits per heavy atom. The van der Waals surface area contributed by atoms with Crippen LogP contribution in [0.4, 0.5) is 0 Å². The van der Waals surface area contributed by atoms with Gasteiger partial charge in [0.25, 0.3) is 0 Å². The van der Waals surface area contributed by atoms with Crippen molar-refractivity contribution >= 4 is 11.7 Å². The summed E-state index contributed by atoms with van der Waals surface area (Å²) in [5.41, 5.74) is 0.952. The molecule has 2 aliphatic rings. The lowest BCUT2D eigenvalue weighted by Crippen LogP contribution is -2.38. The molecule has 0 N–H and O–H groups in total. The fourth-order valence-corrected chi connectivity index (χ4v) is 2.16. The summed E-state index contributed by atoms with van der Waals surface area (Å²) in [5, 5.41) is 3.85. The fraction of sp³-hybridized carbons (Fsp3) is 0.800. The lowest BCUT2D eigenvalue weighted by atomic mass is 9.92. The van der Waals surface area contributed by atoms with Crippen LogP contribution in [0.3, 0.4) is 0 Å². The van der Waals surface area contributed by atoms with E-state index in [2.05, 4.69) is 21.8 Å². The van der Waals surface area contributed by atoms with Gasteiger partial charge in [-0.05, 0) is 25.9 Å². The van der Waals surface area contributed by atoms with E-state index in [0.717, 1.165) is 25.2 Å². The molecule has 0 amide bonds. The second kappa shape index (κ2) is 4.09. The molecule has 78 valence electrons. The highest BCUT2D eigenvalue weighted by atomic mass is 16.7. The number of rotatable bonds is 2. The van der Waals surface area contributed by atoms with Gasteiger partial charge in [-0.15, -0.1) is 0 Å². The molecule has 0 radical (unpaired) electrons. The summed E-state index contributed by atoms with van der Waals surface area (Å²) in [4.78, 5) is 17.9. The molecule has 2 aliphatic heterocycles. The van der Waals surface area contributed by atoms with E-state index in [0.29, 0.717) is 12.3 Å². The Kier molecular flexibility index (Phi) is 2.82. The SMILES string of the molecule is CCN1CCC[C@@H](C2=NOC(=O)C2)C1. The van der Waals surface area contributed by atoms with Gasteiger partial charge < -0.3 is 9.74 Å². The summed E-state index contributed by atoms with van der Waals surface area (Å²) in [6, 6.07) is 0. The highest BCUT2D eigenvalue weighted by molar-refractivity contribution is 6.03. The van der Waals surface area contributed by atoms with E-state index in [-0.39, 0.29) is 5.97 Å². The number of carbonyl (C=O) groups is 1. The minimum atomic E-state index is -0.200. The molecule has 4 nitrogen and oxygen atoms in total. The van der Waals surface area contributed by atoms with Crippen molar-refractivity contribution in [1.29, 1.82) is 0 Å². The van der Waals surface area contributed by atoms with Gasteiger partial charge in [-0.1, -0.05) is 12.1 Å². The topological polar surface area (TPSA) is 41.9 Å². The maximum atomic E-state index is 10.9. The van der Waals surface area contributed by atoms with Crippen LogP contribution in [0.2, 0.25) is 0 Å². The van der Waals surface area contributed by atoms with Crippen LogP contribution in [0.1, 0.15) is 26.2 Å². The molecule has 14 heavy (non-hydrogen) atoms. The smallest absolute Gasteiger partial charge is 0.318 e. The normalized spacial score (nSPS) is 28.8. The zero-order chi connectivity index (χ0) is 9.97. The molecule has 1 atom stereocenters. The number of oxime groups is 1. The first-order chi connectivity index (χ1) is 6.79. The fourth-order valence-electron chi connectivity index (χ4n) is 2.16. The van der Waals surface area contributed by atoms with Gasteiger partial charge in [-0.3, -0.25) is 0 Å².